The van der Waals surface area contributed by atoms with Gasteiger partial charge in [-0.3, -0.25) is 0 Å². The summed E-state index contributed by atoms with van der Waals surface area (Å²) in [5, 5.41) is 3.75. The van der Waals surface area contributed by atoms with Gasteiger partial charge < -0.3 is 14.4 Å². The van der Waals surface area contributed by atoms with Gasteiger partial charge in [0.1, 0.15) is 5.58 Å². The minimum absolute atomic E-state index is 0. The maximum Gasteiger partial charge on any atom is 0.121 e. The van der Waals surface area contributed by atoms with E-state index in [1.807, 2.05) is 30.5 Å². The summed E-state index contributed by atoms with van der Waals surface area (Å²) in [6.45, 7) is 14.1. The molecular formula is C48H50IrN2OSi-2. The topological polar surface area (TPSA) is 38.9 Å². The predicted molar refractivity (Wildman–Crippen MR) is 222 cm³/mol. The van der Waals surface area contributed by atoms with Crippen molar-refractivity contribution < 1.29 is 24.5 Å². The molecule has 7 aromatic rings. The molecule has 1 fully saturated rings. The van der Waals surface area contributed by atoms with Gasteiger partial charge in [0, 0.05) is 37.9 Å². The molecule has 0 saturated heterocycles. The third-order valence-electron chi connectivity index (χ3n) is 10.1. The van der Waals surface area contributed by atoms with Crippen molar-refractivity contribution in [3.8, 4) is 33.6 Å². The maximum atomic E-state index is 6.40. The van der Waals surface area contributed by atoms with E-state index in [0.29, 0.717) is 0 Å². The van der Waals surface area contributed by atoms with E-state index >= 15 is 0 Å². The molecule has 273 valence electrons. The van der Waals surface area contributed by atoms with Gasteiger partial charge in [0.2, 0.25) is 0 Å². The molecule has 0 spiro atoms. The van der Waals surface area contributed by atoms with Crippen molar-refractivity contribution in [2.75, 3.05) is 0 Å². The van der Waals surface area contributed by atoms with Crippen LogP contribution in [0.2, 0.25) is 19.6 Å². The van der Waals surface area contributed by atoms with Gasteiger partial charge in [-0.2, -0.15) is 0 Å². The van der Waals surface area contributed by atoms with Gasteiger partial charge in [-0.05, 0) is 64.0 Å². The van der Waals surface area contributed by atoms with E-state index in [9.17, 15) is 0 Å². The molecule has 1 aliphatic carbocycles. The van der Waals surface area contributed by atoms with Crippen LogP contribution in [0, 0.1) is 23.5 Å². The summed E-state index contributed by atoms with van der Waals surface area (Å²) in [4.78, 5) is 9.40. The Morgan fingerprint density at radius 2 is 1.57 bits per heavy atom. The zero-order chi connectivity index (χ0) is 36.3. The molecule has 0 bridgehead atoms. The van der Waals surface area contributed by atoms with Gasteiger partial charge in [-0.1, -0.05) is 143 Å². The van der Waals surface area contributed by atoms with Gasteiger partial charge in [0.15, 0.2) is 0 Å². The zero-order valence-electron chi connectivity index (χ0n) is 31.9. The number of rotatable bonds is 7. The number of nitrogens with zero attached hydrogens (tertiary/aromatic N) is 2. The summed E-state index contributed by atoms with van der Waals surface area (Å²) >= 11 is 0. The van der Waals surface area contributed by atoms with E-state index < -0.39 is 8.07 Å². The van der Waals surface area contributed by atoms with Crippen LogP contribution in [0.3, 0.4) is 0 Å². The predicted octanol–water partition coefficient (Wildman–Crippen LogP) is 12.5. The van der Waals surface area contributed by atoms with Crippen LogP contribution < -0.4 is 5.19 Å². The molecule has 1 saturated carbocycles. The molecule has 1 aliphatic rings. The summed E-state index contributed by atoms with van der Waals surface area (Å²) in [7, 11) is -1.37. The number of aromatic nitrogens is 2. The second-order valence-corrected chi connectivity index (χ2v) is 21.7. The Labute approximate surface area is 330 Å². The molecule has 0 unspecified atom stereocenters. The fraction of sp³-hybridized carbons (Fsp3) is 0.292. The van der Waals surface area contributed by atoms with Crippen molar-refractivity contribution in [1.82, 2.24) is 9.97 Å². The Balaban J connectivity index is 0.000000193. The van der Waals surface area contributed by atoms with Gasteiger partial charge in [-0.25, -0.2) is 0 Å². The molecule has 3 nitrogen and oxygen atoms in total. The average Bonchev–Trinajstić information content (AvgIpc) is 3.79. The second kappa shape index (κ2) is 16.5. The molecule has 53 heavy (non-hydrogen) atoms. The Hall–Kier alpha value is -4.15. The zero-order valence-corrected chi connectivity index (χ0v) is 35.3. The van der Waals surface area contributed by atoms with E-state index in [1.165, 1.54) is 53.1 Å². The van der Waals surface area contributed by atoms with Crippen LogP contribution in [-0.4, -0.2) is 18.0 Å². The molecule has 0 N–H and O–H groups in total. The summed E-state index contributed by atoms with van der Waals surface area (Å²) in [5.74, 6) is 0.814. The molecule has 0 amide bonds. The van der Waals surface area contributed by atoms with Crippen molar-refractivity contribution in [1.29, 1.82) is 0 Å². The Morgan fingerprint density at radius 1 is 0.792 bits per heavy atom. The summed E-state index contributed by atoms with van der Waals surface area (Å²) < 4.78 is 6.40. The van der Waals surface area contributed by atoms with E-state index in [0.717, 1.165) is 63.2 Å². The van der Waals surface area contributed by atoms with E-state index in [1.54, 1.807) is 0 Å². The summed E-state index contributed by atoms with van der Waals surface area (Å²) in [6.07, 6.45) is 11.7. The summed E-state index contributed by atoms with van der Waals surface area (Å²) in [5.41, 5.74) is 11.3. The normalized spacial score (nSPS) is 13.5. The van der Waals surface area contributed by atoms with Crippen molar-refractivity contribution in [3.05, 3.63) is 139 Å². The first kappa shape index (κ1) is 38.6. The molecule has 8 rings (SSSR count). The molecular weight excluding hydrogens is 841 g/mol. The van der Waals surface area contributed by atoms with Crippen LogP contribution in [0.25, 0.3) is 55.6 Å². The molecule has 3 aromatic heterocycles. The van der Waals surface area contributed by atoms with Gasteiger partial charge in [0.25, 0.3) is 0 Å². The van der Waals surface area contributed by atoms with Crippen LogP contribution in [0.4, 0.5) is 0 Å². The average molecular weight is 891 g/mol. The molecule has 0 aliphatic heterocycles. The fourth-order valence-electron chi connectivity index (χ4n) is 7.72. The van der Waals surface area contributed by atoms with Crippen molar-refractivity contribution >= 4 is 35.2 Å². The molecule has 3 heterocycles. The monoisotopic (exact) mass is 891 g/mol. The smallest absolute Gasteiger partial charge is 0.121 e. The van der Waals surface area contributed by atoms with E-state index in [4.69, 9.17) is 14.4 Å². The molecule has 0 atom stereocenters. The standard InChI is InChI=1S/C29H24NO.C19H26NSi.Ir/c1-2-10-22(11-3-1)23-12-7-15-27-28(23)25-14-6-13-24(29(25)31-27)26-19-21(16-17-30-26)18-20-8-4-5-9-20;1-19(2,3)13-16-12-17(15-10-8-7-9-11-15)20-14-18(16)21(4,5)6;/h1-3,6-7,10-12,14-17,19-20H,4-5,8-9,18H2;7-10,12,14H,13H2,1-6H3;/q2*-1;. The molecule has 4 aromatic carbocycles. The number of hydrogen-bond acceptors (Lipinski definition) is 3. The first-order chi connectivity index (χ1) is 25.0. The van der Waals surface area contributed by atoms with E-state index in [2.05, 4.69) is 138 Å². The largest absolute Gasteiger partial charge is 0.501 e. The van der Waals surface area contributed by atoms with Crippen molar-refractivity contribution in [2.45, 2.75) is 78.9 Å². The molecule has 5 heteroatoms. The minimum atomic E-state index is -1.37. The number of pyridine rings is 2. The van der Waals surface area contributed by atoms with Crippen molar-refractivity contribution in [2.24, 2.45) is 11.3 Å². The number of fused-ring (bicyclic) bond motifs is 3. The van der Waals surface area contributed by atoms with Crippen LogP contribution in [0.15, 0.2) is 120 Å². The van der Waals surface area contributed by atoms with Crippen LogP contribution >= 0.6 is 0 Å². The first-order valence-electron chi connectivity index (χ1n) is 18.9. The number of hydrogen-bond donors (Lipinski definition) is 0. The van der Waals surface area contributed by atoms with Crippen LogP contribution in [0.5, 0.6) is 0 Å². The van der Waals surface area contributed by atoms with Crippen LogP contribution in [0.1, 0.15) is 57.6 Å². The SMILES string of the molecule is CC(C)(C)Cc1cc(-c2[c-]cccc2)ncc1[Si](C)(C)C.[Ir].[c-]1ccc2c(oc3cccc(-c4ccccc4)c32)c1-c1cc(CC2CCCC2)ccn1. The Kier molecular flexibility index (Phi) is 12.0. The molecule has 1 radical (unpaired) electrons. The number of furan rings is 1. The maximum absolute atomic E-state index is 6.40. The second-order valence-electron chi connectivity index (χ2n) is 16.6. The van der Waals surface area contributed by atoms with Gasteiger partial charge in [-0.15, -0.1) is 54.1 Å². The Morgan fingerprint density at radius 3 is 2.28 bits per heavy atom. The first-order valence-corrected chi connectivity index (χ1v) is 22.4. The van der Waals surface area contributed by atoms with Gasteiger partial charge >= 0.3 is 0 Å². The third kappa shape index (κ3) is 9.15. The Bertz CT molecular complexity index is 2280. The minimum Gasteiger partial charge on any atom is -0.501 e. The summed E-state index contributed by atoms with van der Waals surface area (Å²) in [6, 6.07) is 42.3. The fourth-order valence-corrected chi connectivity index (χ4v) is 9.29. The van der Waals surface area contributed by atoms with Crippen LogP contribution in [-0.2, 0) is 32.9 Å². The third-order valence-corrected chi connectivity index (χ3v) is 12.2. The quantitative estimate of drug-likeness (QED) is 0.118. The van der Waals surface area contributed by atoms with Gasteiger partial charge in [0.05, 0.1) is 13.7 Å². The van der Waals surface area contributed by atoms with E-state index in [-0.39, 0.29) is 25.5 Å². The van der Waals surface area contributed by atoms with Crippen molar-refractivity contribution in [3.63, 3.8) is 0 Å². The number of benzene rings is 4.